The van der Waals surface area contributed by atoms with Crippen LogP contribution in [0.3, 0.4) is 0 Å². The van der Waals surface area contributed by atoms with Crippen molar-refractivity contribution in [3.05, 3.63) is 36.5 Å². The molecule has 0 aromatic rings. The maximum absolute atomic E-state index is 13.0. The normalized spacial score (nSPS) is 14.2. The summed E-state index contributed by atoms with van der Waals surface area (Å²) in [6.45, 7) is 4.82. The van der Waals surface area contributed by atoms with Gasteiger partial charge in [-0.1, -0.05) is 256 Å². The van der Waals surface area contributed by atoms with Crippen molar-refractivity contribution in [2.45, 2.75) is 283 Å². The Morgan fingerprint density at radius 3 is 1.21 bits per heavy atom. The summed E-state index contributed by atoms with van der Waals surface area (Å²) < 4.78 is 23.7. The summed E-state index contributed by atoms with van der Waals surface area (Å²) in [4.78, 5) is 23.3. The first-order valence-corrected chi connectivity index (χ1v) is 29.9. The number of carbonyl (C=O) groups is 1. The number of unbranched alkanes of at least 4 members (excludes halogenated alkanes) is 35. The molecule has 3 atom stereocenters. The van der Waals surface area contributed by atoms with E-state index >= 15 is 0 Å². The van der Waals surface area contributed by atoms with Crippen molar-refractivity contribution in [3.63, 3.8) is 0 Å². The first-order chi connectivity index (χ1) is 32.0. The highest BCUT2D eigenvalue weighted by molar-refractivity contribution is 7.47. The lowest BCUT2D eigenvalue weighted by Gasteiger charge is -2.25. The highest BCUT2D eigenvalue weighted by atomic mass is 31.2. The standard InChI is InChI=1S/C57H111N2O6P/c1-6-8-10-12-14-16-18-20-22-24-26-28-29-31-32-34-36-38-40-42-44-46-48-50-56(60)55(54-65-66(62,63)64-53-52-59(3,4)5)58-57(61)51-49-47-45-43-41-39-37-35-33-30-27-25-23-21-19-17-15-13-11-9-7-2/h32,34,40,42,48,50,55-56,60H,6-31,33,35-39,41,43-47,49,51-54H2,1-5H3,(H-,58,61,62,63)/p+1/b34-32+,42-40+,50-48+. The van der Waals surface area contributed by atoms with Crippen LogP contribution in [0.15, 0.2) is 36.5 Å². The van der Waals surface area contributed by atoms with Gasteiger partial charge in [-0.25, -0.2) is 4.57 Å². The van der Waals surface area contributed by atoms with Gasteiger partial charge in [0.15, 0.2) is 0 Å². The summed E-state index contributed by atoms with van der Waals surface area (Å²) in [7, 11) is 1.56. The van der Waals surface area contributed by atoms with E-state index in [0.717, 1.165) is 44.9 Å². The average molecular weight is 953 g/mol. The molecule has 0 aliphatic heterocycles. The molecule has 0 radical (unpaired) electrons. The van der Waals surface area contributed by atoms with E-state index in [2.05, 4.69) is 43.5 Å². The minimum atomic E-state index is -4.36. The van der Waals surface area contributed by atoms with Crippen molar-refractivity contribution in [2.75, 3.05) is 40.9 Å². The van der Waals surface area contributed by atoms with Crippen LogP contribution >= 0.6 is 7.82 Å². The maximum atomic E-state index is 13.0. The summed E-state index contributed by atoms with van der Waals surface area (Å²) in [6, 6.07) is -0.867. The van der Waals surface area contributed by atoms with E-state index in [1.165, 1.54) is 205 Å². The average Bonchev–Trinajstić information content (AvgIpc) is 3.28. The summed E-state index contributed by atoms with van der Waals surface area (Å²) >= 11 is 0. The molecule has 0 saturated carbocycles. The summed E-state index contributed by atoms with van der Waals surface area (Å²) in [6.07, 6.45) is 62.5. The van der Waals surface area contributed by atoms with Crippen LogP contribution in [0.25, 0.3) is 0 Å². The van der Waals surface area contributed by atoms with Gasteiger partial charge in [-0.05, 0) is 44.9 Å². The third-order valence-corrected chi connectivity index (χ3v) is 13.8. The third-order valence-electron chi connectivity index (χ3n) is 12.8. The number of allylic oxidation sites excluding steroid dienone is 5. The fourth-order valence-corrected chi connectivity index (χ4v) is 9.11. The largest absolute Gasteiger partial charge is 0.472 e. The molecule has 0 rings (SSSR count). The lowest BCUT2D eigenvalue weighted by Crippen LogP contribution is -2.45. The van der Waals surface area contributed by atoms with E-state index in [1.807, 2.05) is 27.2 Å². The molecule has 390 valence electrons. The van der Waals surface area contributed by atoms with E-state index in [9.17, 15) is 19.4 Å². The van der Waals surface area contributed by atoms with Gasteiger partial charge in [-0.15, -0.1) is 0 Å². The molecule has 3 N–H and O–H groups in total. The van der Waals surface area contributed by atoms with Crippen LogP contribution in [0.1, 0.15) is 271 Å². The monoisotopic (exact) mass is 952 g/mol. The van der Waals surface area contributed by atoms with E-state index in [-0.39, 0.29) is 19.1 Å². The number of hydrogen-bond acceptors (Lipinski definition) is 5. The number of nitrogens with one attached hydrogen (secondary N) is 1. The molecule has 0 aliphatic carbocycles. The first-order valence-electron chi connectivity index (χ1n) is 28.4. The smallest absolute Gasteiger partial charge is 0.387 e. The second-order valence-electron chi connectivity index (χ2n) is 20.7. The zero-order valence-electron chi connectivity index (χ0n) is 44.4. The zero-order chi connectivity index (χ0) is 48.5. The van der Waals surface area contributed by atoms with Crippen molar-refractivity contribution < 1.29 is 32.9 Å². The molecule has 8 nitrogen and oxygen atoms in total. The predicted octanol–water partition coefficient (Wildman–Crippen LogP) is 17.0. The Kier molecular flexibility index (Phi) is 47.8. The number of hydrogen-bond donors (Lipinski definition) is 3. The molecule has 3 unspecified atom stereocenters. The van der Waals surface area contributed by atoms with Crippen LogP contribution < -0.4 is 5.32 Å². The van der Waals surface area contributed by atoms with Gasteiger partial charge in [0, 0.05) is 6.42 Å². The molecular formula is C57H112N2O6P+. The van der Waals surface area contributed by atoms with Gasteiger partial charge in [0.1, 0.15) is 13.2 Å². The molecule has 0 saturated heterocycles. The van der Waals surface area contributed by atoms with E-state index in [0.29, 0.717) is 17.4 Å². The second kappa shape index (κ2) is 48.7. The predicted molar refractivity (Wildman–Crippen MR) is 286 cm³/mol. The van der Waals surface area contributed by atoms with Crippen LogP contribution in [0.5, 0.6) is 0 Å². The molecule has 0 aliphatic rings. The first kappa shape index (κ1) is 64.7. The molecule has 0 aromatic heterocycles. The fraction of sp³-hybridized carbons (Fsp3) is 0.877. The maximum Gasteiger partial charge on any atom is 0.472 e. The molecule has 66 heavy (non-hydrogen) atoms. The van der Waals surface area contributed by atoms with Crippen molar-refractivity contribution in [2.24, 2.45) is 0 Å². The summed E-state index contributed by atoms with van der Waals surface area (Å²) in [5.74, 6) is -0.186. The molecule has 0 aromatic carbocycles. The van der Waals surface area contributed by atoms with E-state index in [1.54, 1.807) is 6.08 Å². The van der Waals surface area contributed by atoms with Gasteiger partial charge in [0.25, 0.3) is 0 Å². The molecule has 0 fully saturated rings. The summed E-state index contributed by atoms with van der Waals surface area (Å²) in [5, 5.41) is 13.9. The Labute approximate surface area is 410 Å². The van der Waals surface area contributed by atoms with E-state index < -0.39 is 20.0 Å². The van der Waals surface area contributed by atoms with Gasteiger partial charge in [0.05, 0.1) is 39.9 Å². The minimum Gasteiger partial charge on any atom is -0.387 e. The SMILES string of the molecule is CCCCCCCCCCCCCCC/C=C/CC/C=C/CC/C=C/C(O)C(COP(=O)(O)OCC[N+](C)(C)C)NC(=O)CCCCCCCCCCCCCCCCCCCCCCC. The number of aliphatic hydroxyl groups excluding tert-OH is 1. The number of amides is 1. The topological polar surface area (TPSA) is 105 Å². The highest BCUT2D eigenvalue weighted by Crippen LogP contribution is 2.43. The Hall–Kier alpha value is -1.28. The van der Waals surface area contributed by atoms with Crippen LogP contribution in [0.2, 0.25) is 0 Å². The van der Waals surface area contributed by atoms with Crippen molar-refractivity contribution in [1.82, 2.24) is 5.32 Å². The van der Waals surface area contributed by atoms with Crippen molar-refractivity contribution >= 4 is 13.7 Å². The number of quaternary nitrogens is 1. The Balaban J connectivity index is 4.29. The zero-order valence-corrected chi connectivity index (χ0v) is 45.3. The van der Waals surface area contributed by atoms with Crippen molar-refractivity contribution in [1.29, 1.82) is 0 Å². The van der Waals surface area contributed by atoms with Gasteiger partial charge in [0.2, 0.25) is 5.91 Å². The molecule has 0 spiro atoms. The third kappa shape index (κ3) is 50.6. The number of nitrogens with zero attached hydrogens (tertiary/aromatic N) is 1. The Morgan fingerprint density at radius 1 is 0.500 bits per heavy atom. The lowest BCUT2D eigenvalue weighted by atomic mass is 10.0. The summed E-state index contributed by atoms with van der Waals surface area (Å²) in [5.41, 5.74) is 0. The number of aliphatic hydroxyl groups is 1. The van der Waals surface area contributed by atoms with Gasteiger partial charge < -0.3 is 19.8 Å². The Morgan fingerprint density at radius 2 is 0.833 bits per heavy atom. The molecule has 1 amide bonds. The minimum absolute atomic E-state index is 0.0551. The number of phosphoric acid groups is 1. The number of carbonyl (C=O) groups excluding carboxylic acids is 1. The Bertz CT molecular complexity index is 1170. The van der Waals surface area contributed by atoms with Gasteiger partial charge in [-0.3, -0.25) is 13.8 Å². The van der Waals surface area contributed by atoms with Crippen molar-refractivity contribution in [3.8, 4) is 0 Å². The molecular weight excluding hydrogens is 840 g/mol. The highest BCUT2D eigenvalue weighted by Gasteiger charge is 2.27. The van der Waals surface area contributed by atoms with Crippen LogP contribution in [0, 0.1) is 0 Å². The number of likely N-dealkylation sites (N-methyl/N-ethyl adjacent to an activating group) is 1. The molecule has 0 heterocycles. The molecule has 0 bridgehead atoms. The van der Waals surface area contributed by atoms with Gasteiger partial charge >= 0.3 is 7.82 Å². The molecule has 9 heteroatoms. The number of rotatable bonds is 52. The van der Waals surface area contributed by atoms with E-state index in [4.69, 9.17) is 9.05 Å². The van der Waals surface area contributed by atoms with Gasteiger partial charge in [-0.2, -0.15) is 0 Å². The fourth-order valence-electron chi connectivity index (χ4n) is 8.37. The van der Waals surface area contributed by atoms with Crippen LogP contribution in [0.4, 0.5) is 0 Å². The quantitative estimate of drug-likeness (QED) is 0.0243. The second-order valence-corrected chi connectivity index (χ2v) is 22.1. The number of phosphoric ester groups is 1. The van der Waals surface area contributed by atoms with Crippen LogP contribution in [-0.4, -0.2) is 73.4 Å². The van der Waals surface area contributed by atoms with Crippen LogP contribution in [-0.2, 0) is 18.4 Å². The lowest BCUT2D eigenvalue weighted by molar-refractivity contribution is -0.870.